The van der Waals surface area contributed by atoms with Crippen molar-refractivity contribution in [3.8, 4) is 10.4 Å². The van der Waals surface area contributed by atoms with Crippen LogP contribution < -0.4 is 11.1 Å². The zero-order chi connectivity index (χ0) is 19.9. The first-order chi connectivity index (χ1) is 13.3. The number of hydrogen-bond acceptors (Lipinski definition) is 5. The SMILES string of the molecule is CS(=N)(=O)C1(c2ccc(C(=O)Nc3cc(-c4cccs4)ccc3N)cc2)CC1. The first-order valence-corrected chi connectivity index (χ1v) is 11.7. The molecule has 0 radical (unpaired) electrons. The smallest absolute Gasteiger partial charge is 0.255 e. The van der Waals surface area contributed by atoms with E-state index in [2.05, 4.69) is 5.32 Å². The lowest BCUT2D eigenvalue weighted by Gasteiger charge is -2.16. The average Bonchev–Trinajstić information content (AvgIpc) is 3.32. The molecule has 0 bridgehead atoms. The Balaban J connectivity index is 1.56. The molecule has 0 spiro atoms. The fourth-order valence-electron chi connectivity index (χ4n) is 3.40. The third kappa shape index (κ3) is 3.31. The molecule has 1 aliphatic carbocycles. The maximum Gasteiger partial charge on any atom is 0.255 e. The van der Waals surface area contributed by atoms with E-state index in [0.717, 1.165) is 28.8 Å². The summed E-state index contributed by atoms with van der Waals surface area (Å²) in [6, 6.07) is 16.7. The van der Waals surface area contributed by atoms with Gasteiger partial charge < -0.3 is 11.1 Å². The van der Waals surface area contributed by atoms with Crippen LogP contribution in [0.2, 0.25) is 0 Å². The molecule has 1 aromatic heterocycles. The van der Waals surface area contributed by atoms with Gasteiger partial charge in [-0.1, -0.05) is 24.3 Å². The van der Waals surface area contributed by atoms with Crippen molar-refractivity contribution in [1.29, 1.82) is 4.78 Å². The Morgan fingerprint density at radius 2 is 1.89 bits per heavy atom. The van der Waals surface area contributed by atoms with Gasteiger partial charge in [0.2, 0.25) is 0 Å². The largest absolute Gasteiger partial charge is 0.397 e. The molecule has 5 nitrogen and oxygen atoms in total. The maximum absolute atomic E-state index is 12.7. The Morgan fingerprint density at radius 3 is 2.46 bits per heavy atom. The fourth-order valence-corrected chi connectivity index (χ4v) is 5.59. The van der Waals surface area contributed by atoms with Crippen LogP contribution in [-0.4, -0.2) is 16.4 Å². The predicted octanol–water partition coefficient (Wildman–Crippen LogP) is 4.92. The molecule has 1 atom stereocenters. The molecule has 28 heavy (non-hydrogen) atoms. The van der Waals surface area contributed by atoms with Crippen LogP contribution >= 0.6 is 11.3 Å². The summed E-state index contributed by atoms with van der Waals surface area (Å²) in [5.41, 5.74) is 9.47. The molecule has 2 aromatic carbocycles. The number of nitrogen functional groups attached to an aromatic ring is 1. The summed E-state index contributed by atoms with van der Waals surface area (Å²) < 4.78 is 19.7. The Hall–Kier alpha value is -2.64. The van der Waals surface area contributed by atoms with Gasteiger partial charge >= 0.3 is 0 Å². The second-order valence-electron chi connectivity index (χ2n) is 7.15. The van der Waals surface area contributed by atoms with Gasteiger partial charge in [-0.05, 0) is 59.7 Å². The predicted molar refractivity (Wildman–Crippen MR) is 116 cm³/mol. The molecular formula is C21H21N3O2S2. The normalized spacial score (nSPS) is 16.9. The second-order valence-corrected chi connectivity index (χ2v) is 10.6. The van der Waals surface area contributed by atoms with Crippen molar-refractivity contribution in [2.24, 2.45) is 0 Å². The van der Waals surface area contributed by atoms with Crippen molar-refractivity contribution in [2.45, 2.75) is 17.6 Å². The molecule has 1 aliphatic rings. The molecule has 4 rings (SSSR count). The van der Waals surface area contributed by atoms with Gasteiger partial charge in [0.15, 0.2) is 0 Å². The first-order valence-electron chi connectivity index (χ1n) is 8.89. The first kappa shape index (κ1) is 18.7. The second kappa shape index (κ2) is 6.76. The number of thiophene rings is 1. The Labute approximate surface area is 168 Å². The van der Waals surface area contributed by atoms with Crippen LogP contribution in [0.15, 0.2) is 60.0 Å². The maximum atomic E-state index is 12.7. The van der Waals surface area contributed by atoms with Gasteiger partial charge in [0.25, 0.3) is 5.91 Å². The van der Waals surface area contributed by atoms with Crippen LogP contribution in [-0.2, 0) is 14.5 Å². The molecule has 144 valence electrons. The number of anilines is 2. The van der Waals surface area contributed by atoms with Crippen LogP contribution in [0.4, 0.5) is 11.4 Å². The molecule has 1 fully saturated rings. The number of rotatable bonds is 5. The zero-order valence-corrected chi connectivity index (χ0v) is 17.0. The molecule has 7 heteroatoms. The molecule has 1 amide bonds. The van der Waals surface area contributed by atoms with Crippen LogP contribution in [0.1, 0.15) is 28.8 Å². The Kier molecular flexibility index (Phi) is 4.51. The molecule has 1 unspecified atom stereocenters. The summed E-state index contributed by atoms with van der Waals surface area (Å²) >= 11 is 1.63. The van der Waals surface area contributed by atoms with Gasteiger partial charge in [-0.3, -0.25) is 9.57 Å². The van der Waals surface area contributed by atoms with Crippen molar-refractivity contribution < 1.29 is 9.00 Å². The van der Waals surface area contributed by atoms with Crippen LogP contribution in [0.3, 0.4) is 0 Å². The van der Waals surface area contributed by atoms with Gasteiger partial charge in [0, 0.05) is 16.7 Å². The van der Waals surface area contributed by atoms with Crippen LogP contribution in [0.5, 0.6) is 0 Å². The van der Waals surface area contributed by atoms with E-state index in [9.17, 15) is 9.00 Å². The van der Waals surface area contributed by atoms with Gasteiger partial charge in [-0.2, -0.15) is 0 Å². The van der Waals surface area contributed by atoms with Crippen molar-refractivity contribution in [3.63, 3.8) is 0 Å². The van der Waals surface area contributed by atoms with E-state index in [1.807, 2.05) is 41.8 Å². The number of nitrogens with two attached hydrogens (primary N) is 1. The highest BCUT2D eigenvalue weighted by molar-refractivity contribution is 7.93. The van der Waals surface area contributed by atoms with Crippen molar-refractivity contribution >= 4 is 38.3 Å². The van der Waals surface area contributed by atoms with E-state index < -0.39 is 14.5 Å². The number of amides is 1. The molecule has 3 aromatic rings. The number of hydrogen-bond donors (Lipinski definition) is 3. The van der Waals surface area contributed by atoms with Crippen LogP contribution in [0.25, 0.3) is 10.4 Å². The standard InChI is InChI=1S/C21H21N3O2S2/c1-28(23,26)21(10-11-21)16-7-4-14(5-8-16)20(25)24-18-13-15(6-9-17(18)22)19-3-2-12-27-19/h2-9,12-13,23H,10-11,22H2,1H3,(H,24,25). The van der Waals surface area contributed by atoms with Crippen LogP contribution in [0, 0.1) is 4.78 Å². The fraction of sp³-hybridized carbons (Fsp3) is 0.190. The highest BCUT2D eigenvalue weighted by Gasteiger charge is 2.51. The number of nitrogens with one attached hydrogen (secondary N) is 2. The number of carbonyl (C=O) groups excluding carboxylic acids is 1. The minimum Gasteiger partial charge on any atom is -0.397 e. The van der Waals surface area contributed by atoms with Gasteiger partial charge in [0.1, 0.15) is 0 Å². The third-order valence-electron chi connectivity index (χ3n) is 5.23. The topological polar surface area (TPSA) is 96.0 Å². The van der Waals surface area contributed by atoms with E-state index in [0.29, 0.717) is 16.9 Å². The molecule has 0 aliphatic heterocycles. The molecule has 1 saturated carbocycles. The van der Waals surface area contributed by atoms with Gasteiger partial charge in [-0.25, -0.2) is 4.21 Å². The van der Waals surface area contributed by atoms with Crippen molar-refractivity contribution in [2.75, 3.05) is 17.3 Å². The third-order valence-corrected chi connectivity index (χ3v) is 8.28. The lowest BCUT2D eigenvalue weighted by Crippen LogP contribution is -2.18. The molecule has 1 heterocycles. The van der Waals surface area contributed by atoms with E-state index in [4.69, 9.17) is 10.5 Å². The molecular weight excluding hydrogens is 390 g/mol. The van der Waals surface area contributed by atoms with Crippen molar-refractivity contribution in [1.82, 2.24) is 0 Å². The Morgan fingerprint density at radius 1 is 1.18 bits per heavy atom. The number of carbonyl (C=O) groups is 1. The lowest BCUT2D eigenvalue weighted by atomic mass is 10.1. The summed E-state index contributed by atoms with van der Waals surface area (Å²) in [6.07, 6.45) is 3.00. The summed E-state index contributed by atoms with van der Waals surface area (Å²) in [5.74, 6) is -0.255. The Bertz CT molecular complexity index is 1130. The summed E-state index contributed by atoms with van der Waals surface area (Å²) in [5, 5.41) is 4.88. The molecule has 4 N–H and O–H groups in total. The summed E-state index contributed by atoms with van der Waals surface area (Å²) in [4.78, 5) is 13.8. The minimum absolute atomic E-state index is 0.255. The van der Waals surface area contributed by atoms with Crippen molar-refractivity contribution in [3.05, 3.63) is 71.1 Å². The molecule has 0 saturated heterocycles. The minimum atomic E-state index is -2.67. The lowest BCUT2D eigenvalue weighted by molar-refractivity contribution is 0.102. The zero-order valence-electron chi connectivity index (χ0n) is 15.4. The summed E-state index contributed by atoms with van der Waals surface area (Å²) in [7, 11) is -2.67. The van der Waals surface area contributed by atoms with Gasteiger partial charge in [-0.15, -0.1) is 11.3 Å². The van der Waals surface area contributed by atoms with E-state index in [1.165, 1.54) is 6.26 Å². The quantitative estimate of drug-likeness (QED) is 0.520. The number of benzene rings is 2. The summed E-state index contributed by atoms with van der Waals surface area (Å²) in [6.45, 7) is 0. The van der Waals surface area contributed by atoms with Gasteiger partial charge in [0.05, 0.1) is 25.9 Å². The monoisotopic (exact) mass is 411 g/mol. The highest BCUT2D eigenvalue weighted by atomic mass is 32.2. The van der Waals surface area contributed by atoms with E-state index in [1.54, 1.807) is 29.5 Å². The van der Waals surface area contributed by atoms with E-state index in [-0.39, 0.29) is 5.91 Å². The van der Waals surface area contributed by atoms with E-state index >= 15 is 0 Å². The highest BCUT2D eigenvalue weighted by Crippen LogP contribution is 2.52. The average molecular weight is 412 g/mol.